The van der Waals surface area contributed by atoms with Crippen molar-refractivity contribution in [3.63, 3.8) is 0 Å². The number of carbonyl (C=O) groups is 1. The van der Waals surface area contributed by atoms with Gasteiger partial charge in [0.05, 0.1) is 0 Å². The van der Waals surface area contributed by atoms with Gasteiger partial charge in [-0.1, -0.05) is 16.5 Å². The van der Waals surface area contributed by atoms with E-state index >= 15 is 0 Å². The lowest BCUT2D eigenvalue weighted by molar-refractivity contribution is -0.102. The predicted molar refractivity (Wildman–Crippen MR) is 43.9 cm³/mol. The van der Waals surface area contributed by atoms with Gasteiger partial charge in [0.25, 0.3) is 0 Å². The molecule has 64 valence electrons. The molecular formula is C5H6N4O2S. The number of oxime groups is 1. The molecule has 0 radical (unpaired) electrons. The van der Waals surface area contributed by atoms with E-state index < -0.39 is 0 Å². The molecule has 0 aromatic carbocycles. The van der Waals surface area contributed by atoms with Gasteiger partial charge in [-0.15, -0.1) is 10.2 Å². The summed E-state index contributed by atoms with van der Waals surface area (Å²) in [5, 5.41) is 11.2. The van der Waals surface area contributed by atoms with Crippen LogP contribution in [0.2, 0.25) is 0 Å². The minimum absolute atomic E-state index is 0.0895. The van der Waals surface area contributed by atoms with E-state index in [1.165, 1.54) is 7.11 Å². The molecule has 0 atom stereocenters. The first-order chi connectivity index (χ1) is 5.77. The number of aldehydes is 1. The van der Waals surface area contributed by atoms with E-state index in [-0.39, 0.29) is 10.8 Å². The third kappa shape index (κ3) is 1.76. The molecule has 2 N–H and O–H groups in total. The molecule has 0 amide bonds. The van der Waals surface area contributed by atoms with Crippen LogP contribution in [0.1, 0.15) is 5.01 Å². The van der Waals surface area contributed by atoms with Crippen molar-refractivity contribution in [3.8, 4) is 0 Å². The monoisotopic (exact) mass is 186 g/mol. The van der Waals surface area contributed by atoms with Crippen molar-refractivity contribution in [3.05, 3.63) is 5.01 Å². The van der Waals surface area contributed by atoms with Gasteiger partial charge in [-0.05, 0) is 0 Å². The van der Waals surface area contributed by atoms with Crippen LogP contribution in [-0.2, 0) is 9.63 Å². The molecule has 1 aromatic heterocycles. The zero-order valence-electron chi connectivity index (χ0n) is 6.22. The molecule has 12 heavy (non-hydrogen) atoms. The van der Waals surface area contributed by atoms with Gasteiger partial charge >= 0.3 is 0 Å². The van der Waals surface area contributed by atoms with Crippen LogP contribution in [0.5, 0.6) is 0 Å². The summed E-state index contributed by atoms with van der Waals surface area (Å²) in [5.74, 6) is 0. The topological polar surface area (TPSA) is 90.5 Å². The number of aromatic nitrogens is 2. The Kier molecular flexibility index (Phi) is 2.70. The predicted octanol–water partition coefficient (Wildman–Crippen LogP) is -0.330. The number of nitrogens with zero attached hydrogens (tertiary/aromatic N) is 3. The first-order valence-electron chi connectivity index (χ1n) is 2.93. The maximum Gasteiger partial charge on any atom is 0.203 e. The third-order valence-electron chi connectivity index (χ3n) is 0.961. The fourth-order valence-corrected chi connectivity index (χ4v) is 1.10. The number of rotatable bonds is 3. The molecular weight excluding hydrogens is 180 g/mol. The van der Waals surface area contributed by atoms with Crippen molar-refractivity contribution in [2.75, 3.05) is 12.8 Å². The van der Waals surface area contributed by atoms with Crippen molar-refractivity contribution >= 4 is 28.5 Å². The van der Waals surface area contributed by atoms with Gasteiger partial charge in [0.15, 0.2) is 17.0 Å². The lowest BCUT2D eigenvalue weighted by Gasteiger charge is -1.88. The number of carbonyl (C=O) groups excluding carboxylic acids is 1. The molecule has 0 aliphatic rings. The second kappa shape index (κ2) is 3.77. The molecule has 6 nitrogen and oxygen atoms in total. The molecule has 1 aromatic rings. The smallest absolute Gasteiger partial charge is 0.203 e. The van der Waals surface area contributed by atoms with Gasteiger partial charge < -0.3 is 10.6 Å². The second-order valence-corrected chi connectivity index (χ2v) is 2.73. The molecule has 0 fully saturated rings. The number of hydrogen-bond donors (Lipinski definition) is 1. The highest BCUT2D eigenvalue weighted by atomic mass is 32.1. The SMILES string of the molecule is CO/N=C(\C=O)c1nnc(N)s1. The number of nitrogen functional groups attached to an aromatic ring is 1. The van der Waals surface area contributed by atoms with Crippen molar-refractivity contribution in [2.24, 2.45) is 5.16 Å². The standard InChI is InChI=1S/C5H6N4O2S/c1-11-9-3(2-10)4-7-8-5(6)12-4/h2H,1H3,(H2,6,8)/b9-3+. The number of anilines is 1. The van der Waals surface area contributed by atoms with Gasteiger partial charge in [0.1, 0.15) is 7.11 Å². The zero-order valence-corrected chi connectivity index (χ0v) is 7.04. The molecule has 0 bridgehead atoms. The van der Waals surface area contributed by atoms with Crippen molar-refractivity contribution in [1.29, 1.82) is 0 Å². The average molecular weight is 186 g/mol. The summed E-state index contributed by atoms with van der Waals surface area (Å²) in [4.78, 5) is 14.8. The minimum Gasteiger partial charge on any atom is -0.398 e. The largest absolute Gasteiger partial charge is 0.398 e. The van der Waals surface area contributed by atoms with E-state index in [9.17, 15) is 4.79 Å². The van der Waals surface area contributed by atoms with Gasteiger partial charge in [-0.3, -0.25) is 4.79 Å². The highest BCUT2D eigenvalue weighted by Gasteiger charge is 2.08. The first kappa shape index (κ1) is 8.60. The molecule has 1 rings (SSSR count). The van der Waals surface area contributed by atoms with E-state index in [0.717, 1.165) is 11.3 Å². The Bertz CT molecular complexity index is 308. The van der Waals surface area contributed by atoms with Crippen LogP contribution < -0.4 is 5.73 Å². The van der Waals surface area contributed by atoms with Crippen molar-refractivity contribution < 1.29 is 9.63 Å². The average Bonchev–Trinajstić information content (AvgIpc) is 2.47. The lowest BCUT2D eigenvalue weighted by Crippen LogP contribution is -2.02. The van der Waals surface area contributed by atoms with E-state index in [1.54, 1.807) is 0 Å². The quantitative estimate of drug-likeness (QED) is 0.396. The van der Waals surface area contributed by atoms with Crippen LogP contribution in [0.15, 0.2) is 5.16 Å². The fraction of sp³-hybridized carbons (Fsp3) is 0.200. The van der Waals surface area contributed by atoms with Gasteiger partial charge in [0, 0.05) is 0 Å². The Labute approximate surface area is 72.0 Å². The molecule has 0 unspecified atom stereocenters. The van der Waals surface area contributed by atoms with Crippen LogP contribution in [0.25, 0.3) is 0 Å². The summed E-state index contributed by atoms with van der Waals surface area (Å²) >= 11 is 1.07. The van der Waals surface area contributed by atoms with Crippen LogP contribution >= 0.6 is 11.3 Å². The summed E-state index contributed by atoms with van der Waals surface area (Å²) in [6.45, 7) is 0. The summed E-state index contributed by atoms with van der Waals surface area (Å²) in [6.07, 6.45) is 0.531. The lowest BCUT2D eigenvalue weighted by atomic mass is 10.4. The molecule has 0 saturated heterocycles. The van der Waals surface area contributed by atoms with Crippen LogP contribution in [0, 0.1) is 0 Å². The first-order valence-corrected chi connectivity index (χ1v) is 3.75. The van der Waals surface area contributed by atoms with Crippen molar-refractivity contribution in [1.82, 2.24) is 10.2 Å². The summed E-state index contributed by atoms with van der Waals surface area (Å²) in [6, 6.07) is 0. The number of hydrogen-bond acceptors (Lipinski definition) is 7. The Hall–Kier alpha value is -1.50. The molecule has 7 heteroatoms. The van der Waals surface area contributed by atoms with Gasteiger partial charge in [-0.25, -0.2) is 0 Å². The highest BCUT2D eigenvalue weighted by molar-refractivity contribution is 7.17. The summed E-state index contributed by atoms with van der Waals surface area (Å²) in [7, 11) is 1.34. The maximum absolute atomic E-state index is 10.4. The third-order valence-corrected chi connectivity index (χ3v) is 1.74. The summed E-state index contributed by atoms with van der Waals surface area (Å²) < 4.78 is 0. The van der Waals surface area contributed by atoms with Crippen LogP contribution in [0.4, 0.5) is 5.13 Å². The van der Waals surface area contributed by atoms with Gasteiger partial charge in [0.2, 0.25) is 5.13 Å². The molecule has 1 heterocycles. The van der Waals surface area contributed by atoms with Gasteiger partial charge in [-0.2, -0.15) is 0 Å². The molecule has 0 aliphatic carbocycles. The van der Waals surface area contributed by atoms with Crippen LogP contribution in [-0.4, -0.2) is 29.3 Å². The second-order valence-electron chi connectivity index (χ2n) is 1.72. The fourth-order valence-electron chi connectivity index (χ4n) is 0.547. The molecule has 0 spiro atoms. The van der Waals surface area contributed by atoms with Crippen LogP contribution in [0.3, 0.4) is 0 Å². The normalized spacial score (nSPS) is 11.2. The Morgan fingerprint density at radius 3 is 2.92 bits per heavy atom. The van der Waals surface area contributed by atoms with E-state index in [4.69, 9.17) is 5.73 Å². The maximum atomic E-state index is 10.4. The Balaban J connectivity index is 2.94. The highest BCUT2D eigenvalue weighted by Crippen LogP contribution is 2.11. The number of nitrogens with two attached hydrogens (primary N) is 1. The Morgan fingerprint density at radius 1 is 1.75 bits per heavy atom. The van der Waals surface area contributed by atoms with Crippen molar-refractivity contribution in [2.45, 2.75) is 0 Å². The minimum atomic E-state index is 0.0895. The van der Waals surface area contributed by atoms with E-state index in [1.807, 2.05) is 0 Å². The zero-order chi connectivity index (χ0) is 8.97. The van der Waals surface area contributed by atoms with E-state index in [0.29, 0.717) is 11.3 Å². The Morgan fingerprint density at radius 2 is 2.50 bits per heavy atom. The molecule has 0 aliphatic heterocycles. The summed E-state index contributed by atoms with van der Waals surface area (Å²) in [5.41, 5.74) is 5.39. The molecule has 0 saturated carbocycles. The van der Waals surface area contributed by atoms with E-state index in [2.05, 4.69) is 20.2 Å².